The van der Waals surface area contributed by atoms with E-state index < -0.39 is 6.04 Å². The number of carbonyl (C=O) groups excluding carboxylic acids is 1. The van der Waals surface area contributed by atoms with Gasteiger partial charge in [-0.05, 0) is 25.2 Å². The van der Waals surface area contributed by atoms with Crippen LogP contribution in [-0.2, 0) is 9.53 Å². The van der Waals surface area contributed by atoms with Gasteiger partial charge in [0.15, 0.2) is 0 Å². The molecule has 1 saturated carbocycles. The summed E-state index contributed by atoms with van der Waals surface area (Å²) in [4.78, 5) is 11.0. The second kappa shape index (κ2) is 4.29. The lowest BCUT2D eigenvalue weighted by Crippen LogP contribution is -2.42. The molecule has 1 atom stereocenters. The Kier molecular flexibility index (Phi) is 4.20. The van der Waals surface area contributed by atoms with E-state index in [4.69, 9.17) is 10.5 Å². The summed E-state index contributed by atoms with van der Waals surface area (Å²) in [6, 6.07) is -0.492. The standard InChI is InChI=1S/C9H17NO2.ClH/c1-6(10)8(11)12-7-4-9(2,3)5-7;/h6-7H,4-5,10H2,1-3H3;1H/t6-;/m0./s1. The van der Waals surface area contributed by atoms with Crippen LogP contribution in [0.4, 0.5) is 0 Å². The summed E-state index contributed by atoms with van der Waals surface area (Å²) in [5.74, 6) is -0.282. The highest BCUT2D eigenvalue weighted by molar-refractivity contribution is 5.85. The number of hydrogen-bond acceptors (Lipinski definition) is 3. The van der Waals surface area contributed by atoms with Crippen LogP contribution in [0.3, 0.4) is 0 Å². The molecule has 13 heavy (non-hydrogen) atoms. The molecule has 0 heterocycles. The van der Waals surface area contributed by atoms with Crippen LogP contribution in [0.1, 0.15) is 33.6 Å². The molecule has 0 aromatic heterocycles. The van der Waals surface area contributed by atoms with E-state index in [1.807, 2.05) is 0 Å². The highest BCUT2D eigenvalue weighted by atomic mass is 35.5. The Morgan fingerprint density at radius 3 is 2.31 bits per heavy atom. The summed E-state index contributed by atoms with van der Waals surface area (Å²) in [5, 5.41) is 0. The molecule has 0 bridgehead atoms. The van der Waals surface area contributed by atoms with Crippen molar-refractivity contribution in [1.82, 2.24) is 0 Å². The maximum absolute atomic E-state index is 11.0. The van der Waals surface area contributed by atoms with E-state index in [9.17, 15) is 4.79 Å². The molecule has 1 fully saturated rings. The molecule has 0 radical (unpaired) electrons. The van der Waals surface area contributed by atoms with Crippen molar-refractivity contribution in [3.8, 4) is 0 Å². The van der Waals surface area contributed by atoms with Gasteiger partial charge in [0.1, 0.15) is 12.1 Å². The van der Waals surface area contributed by atoms with Gasteiger partial charge < -0.3 is 10.5 Å². The van der Waals surface area contributed by atoms with Crippen LogP contribution >= 0.6 is 12.4 Å². The minimum atomic E-state index is -0.492. The molecule has 2 N–H and O–H groups in total. The van der Waals surface area contributed by atoms with Crippen molar-refractivity contribution in [1.29, 1.82) is 0 Å². The van der Waals surface area contributed by atoms with Gasteiger partial charge in [-0.1, -0.05) is 13.8 Å². The van der Waals surface area contributed by atoms with Gasteiger partial charge in [-0.2, -0.15) is 0 Å². The number of hydrogen-bond donors (Lipinski definition) is 1. The molecule has 0 aliphatic heterocycles. The first kappa shape index (κ1) is 12.7. The first-order valence-electron chi connectivity index (χ1n) is 4.37. The summed E-state index contributed by atoms with van der Waals surface area (Å²) in [6.07, 6.45) is 2.04. The summed E-state index contributed by atoms with van der Waals surface area (Å²) >= 11 is 0. The van der Waals surface area contributed by atoms with Crippen LogP contribution in [0.25, 0.3) is 0 Å². The average Bonchev–Trinajstić information content (AvgIpc) is 1.83. The van der Waals surface area contributed by atoms with Crippen molar-refractivity contribution in [2.45, 2.75) is 45.8 Å². The minimum absolute atomic E-state index is 0. The normalized spacial score (nSPS) is 22.5. The molecule has 0 saturated heterocycles. The van der Waals surface area contributed by atoms with Crippen LogP contribution in [0.15, 0.2) is 0 Å². The van der Waals surface area contributed by atoms with Gasteiger partial charge in [0.2, 0.25) is 0 Å². The van der Waals surface area contributed by atoms with E-state index in [0.717, 1.165) is 12.8 Å². The number of ether oxygens (including phenoxy) is 1. The molecule has 0 spiro atoms. The third-order valence-corrected chi connectivity index (χ3v) is 2.22. The van der Waals surface area contributed by atoms with Gasteiger partial charge in [0.05, 0.1) is 0 Å². The second-order valence-electron chi connectivity index (χ2n) is 4.42. The fraction of sp³-hybridized carbons (Fsp3) is 0.889. The predicted molar refractivity (Wildman–Crippen MR) is 53.8 cm³/mol. The smallest absolute Gasteiger partial charge is 0.322 e. The molecule has 78 valence electrons. The SMILES string of the molecule is C[C@H](N)C(=O)OC1CC(C)(C)C1.Cl. The average molecular weight is 208 g/mol. The quantitative estimate of drug-likeness (QED) is 0.698. The Morgan fingerprint density at radius 2 is 2.00 bits per heavy atom. The van der Waals surface area contributed by atoms with E-state index in [2.05, 4.69) is 13.8 Å². The summed E-state index contributed by atoms with van der Waals surface area (Å²) in [6.45, 7) is 5.98. The van der Waals surface area contributed by atoms with Gasteiger partial charge in [0, 0.05) is 0 Å². The molecule has 0 unspecified atom stereocenters. The zero-order valence-corrected chi connectivity index (χ0v) is 9.19. The van der Waals surface area contributed by atoms with Crippen molar-refractivity contribution in [2.24, 2.45) is 11.1 Å². The third-order valence-electron chi connectivity index (χ3n) is 2.22. The fourth-order valence-electron chi connectivity index (χ4n) is 1.53. The Bertz CT molecular complexity index is 184. The minimum Gasteiger partial charge on any atom is -0.461 e. The summed E-state index contributed by atoms with van der Waals surface area (Å²) in [7, 11) is 0. The zero-order valence-electron chi connectivity index (χ0n) is 8.37. The van der Waals surface area contributed by atoms with Gasteiger partial charge in [-0.25, -0.2) is 0 Å². The number of esters is 1. The van der Waals surface area contributed by atoms with Gasteiger partial charge >= 0.3 is 5.97 Å². The lowest BCUT2D eigenvalue weighted by atomic mass is 9.70. The molecule has 0 aromatic rings. The van der Waals surface area contributed by atoms with Crippen LogP contribution < -0.4 is 5.73 Å². The highest BCUT2D eigenvalue weighted by Gasteiger charge is 2.38. The summed E-state index contributed by atoms with van der Waals surface area (Å²) < 4.78 is 5.12. The van der Waals surface area contributed by atoms with E-state index in [1.54, 1.807) is 6.92 Å². The molecule has 1 aliphatic rings. The third kappa shape index (κ3) is 3.53. The van der Waals surface area contributed by atoms with Gasteiger partial charge in [0.25, 0.3) is 0 Å². The van der Waals surface area contributed by atoms with Crippen molar-refractivity contribution in [3.05, 3.63) is 0 Å². The van der Waals surface area contributed by atoms with E-state index in [1.165, 1.54) is 0 Å². The van der Waals surface area contributed by atoms with Gasteiger partial charge in [-0.15, -0.1) is 12.4 Å². The maximum atomic E-state index is 11.0. The molecule has 1 aliphatic carbocycles. The largest absolute Gasteiger partial charge is 0.461 e. The number of halogens is 1. The first-order chi connectivity index (χ1) is 5.41. The highest BCUT2D eigenvalue weighted by Crippen LogP contribution is 2.41. The molecule has 1 rings (SSSR count). The molecule has 3 nitrogen and oxygen atoms in total. The Balaban J connectivity index is 0.00000144. The van der Waals surface area contributed by atoms with Crippen LogP contribution in [0.5, 0.6) is 0 Å². The van der Waals surface area contributed by atoms with Crippen molar-refractivity contribution in [2.75, 3.05) is 0 Å². The lowest BCUT2D eigenvalue weighted by Gasteiger charge is -2.41. The zero-order chi connectivity index (χ0) is 9.35. The maximum Gasteiger partial charge on any atom is 0.322 e. The fourth-order valence-corrected chi connectivity index (χ4v) is 1.53. The Morgan fingerprint density at radius 1 is 1.54 bits per heavy atom. The van der Waals surface area contributed by atoms with Crippen molar-refractivity contribution in [3.63, 3.8) is 0 Å². The molecule has 0 amide bonds. The van der Waals surface area contributed by atoms with E-state index in [0.29, 0.717) is 5.41 Å². The molecule has 0 aromatic carbocycles. The Labute approximate surface area is 85.4 Å². The molecular weight excluding hydrogens is 190 g/mol. The monoisotopic (exact) mass is 207 g/mol. The Hall–Kier alpha value is -0.280. The van der Waals surface area contributed by atoms with Crippen LogP contribution in [0.2, 0.25) is 0 Å². The summed E-state index contributed by atoms with van der Waals surface area (Å²) in [5.41, 5.74) is 5.71. The number of carbonyl (C=O) groups is 1. The van der Waals surface area contributed by atoms with Crippen LogP contribution in [0, 0.1) is 5.41 Å². The van der Waals surface area contributed by atoms with Crippen LogP contribution in [-0.4, -0.2) is 18.1 Å². The first-order valence-corrected chi connectivity index (χ1v) is 4.37. The van der Waals surface area contributed by atoms with Crippen molar-refractivity contribution < 1.29 is 9.53 Å². The number of rotatable bonds is 2. The van der Waals surface area contributed by atoms with E-state index in [-0.39, 0.29) is 24.5 Å². The van der Waals surface area contributed by atoms with Gasteiger partial charge in [-0.3, -0.25) is 4.79 Å². The van der Waals surface area contributed by atoms with E-state index >= 15 is 0 Å². The number of nitrogens with two attached hydrogens (primary N) is 1. The molecule has 4 heteroatoms. The van der Waals surface area contributed by atoms with Crippen molar-refractivity contribution >= 4 is 18.4 Å². The second-order valence-corrected chi connectivity index (χ2v) is 4.42. The molecular formula is C9H18ClNO2. The predicted octanol–water partition coefficient (Wildman–Crippen LogP) is 1.49. The lowest BCUT2D eigenvalue weighted by molar-refractivity contribution is -0.160. The topological polar surface area (TPSA) is 52.3 Å².